The number of benzene rings is 1. The molecule has 0 saturated carbocycles. The fraction of sp³-hybridized carbons (Fsp3) is 0.526. The van der Waals surface area contributed by atoms with Gasteiger partial charge in [-0.25, -0.2) is 0 Å². The Hall–Kier alpha value is -1.97. The fourth-order valence-electron chi connectivity index (χ4n) is 3.34. The van der Waals surface area contributed by atoms with Gasteiger partial charge < -0.3 is 15.2 Å². The quantitative estimate of drug-likeness (QED) is 0.671. The predicted octanol–water partition coefficient (Wildman–Crippen LogP) is 3.41. The van der Waals surface area contributed by atoms with Gasteiger partial charge in [-0.05, 0) is 36.8 Å². The molecule has 0 atom stereocenters. The largest absolute Gasteiger partial charge is 0.361 e. The molecule has 124 valence electrons. The van der Waals surface area contributed by atoms with Gasteiger partial charge in [-0.3, -0.25) is 4.99 Å². The summed E-state index contributed by atoms with van der Waals surface area (Å²) in [4.78, 5) is 10.6. The molecule has 1 aliphatic rings. The first-order valence-electron chi connectivity index (χ1n) is 8.67. The third-order valence-electron chi connectivity index (χ3n) is 4.63. The first-order chi connectivity index (χ1) is 11.1. The number of aromatic nitrogens is 1. The van der Waals surface area contributed by atoms with Gasteiger partial charge in [-0.15, -0.1) is 0 Å². The summed E-state index contributed by atoms with van der Waals surface area (Å²) in [6.07, 6.45) is 4.32. The van der Waals surface area contributed by atoms with Crippen molar-refractivity contribution >= 4 is 16.9 Å². The van der Waals surface area contributed by atoms with Crippen LogP contribution in [0.4, 0.5) is 0 Å². The molecule has 4 heteroatoms. The number of aliphatic imine (C=N–C) groups is 1. The summed E-state index contributed by atoms with van der Waals surface area (Å²) in [5, 5.41) is 4.76. The summed E-state index contributed by atoms with van der Waals surface area (Å²) < 4.78 is 0. The molecule has 0 spiro atoms. The van der Waals surface area contributed by atoms with E-state index in [-0.39, 0.29) is 0 Å². The second-order valence-corrected chi connectivity index (χ2v) is 7.18. The second-order valence-electron chi connectivity index (χ2n) is 7.18. The minimum Gasteiger partial charge on any atom is -0.361 e. The van der Waals surface area contributed by atoms with E-state index in [0.717, 1.165) is 38.6 Å². The monoisotopic (exact) mass is 312 g/mol. The molecule has 2 aromatic rings. The van der Waals surface area contributed by atoms with E-state index in [4.69, 9.17) is 4.99 Å². The van der Waals surface area contributed by atoms with Crippen molar-refractivity contribution in [1.29, 1.82) is 0 Å². The minimum atomic E-state index is 0.396. The summed E-state index contributed by atoms with van der Waals surface area (Å²) in [6.45, 7) is 10.7. The van der Waals surface area contributed by atoms with Crippen molar-refractivity contribution in [3.8, 4) is 0 Å². The Kier molecular flexibility index (Phi) is 4.60. The lowest BCUT2D eigenvalue weighted by Crippen LogP contribution is -2.40. The van der Waals surface area contributed by atoms with Crippen LogP contribution in [0.25, 0.3) is 10.9 Å². The van der Waals surface area contributed by atoms with Crippen LogP contribution in [0.15, 0.2) is 35.5 Å². The molecule has 0 unspecified atom stereocenters. The van der Waals surface area contributed by atoms with Crippen molar-refractivity contribution in [3.63, 3.8) is 0 Å². The van der Waals surface area contributed by atoms with Gasteiger partial charge in [-0.1, -0.05) is 32.0 Å². The van der Waals surface area contributed by atoms with Crippen molar-refractivity contribution in [3.05, 3.63) is 36.0 Å². The SMILES string of the molecule is CCNC(=NCCc1c[nH]c2ccccc12)N1CCC(C)(C)C1. The van der Waals surface area contributed by atoms with E-state index in [0.29, 0.717) is 5.41 Å². The van der Waals surface area contributed by atoms with Crippen LogP contribution in [-0.2, 0) is 6.42 Å². The van der Waals surface area contributed by atoms with E-state index in [1.807, 2.05) is 0 Å². The number of hydrogen-bond donors (Lipinski definition) is 2. The van der Waals surface area contributed by atoms with Gasteiger partial charge in [0.1, 0.15) is 0 Å². The zero-order valence-corrected chi connectivity index (χ0v) is 14.5. The highest BCUT2D eigenvalue weighted by Gasteiger charge is 2.30. The van der Waals surface area contributed by atoms with Crippen molar-refractivity contribution < 1.29 is 0 Å². The standard InChI is InChI=1S/C19H28N4/c1-4-20-18(23-12-10-19(2,3)14-23)21-11-9-15-13-22-17-8-6-5-7-16(15)17/h5-8,13,22H,4,9-12,14H2,1-3H3,(H,20,21). The zero-order valence-electron chi connectivity index (χ0n) is 14.5. The van der Waals surface area contributed by atoms with Crippen LogP contribution >= 0.6 is 0 Å². The number of rotatable bonds is 4. The Bertz CT molecular complexity index is 683. The zero-order chi connectivity index (χ0) is 16.3. The Morgan fingerprint density at radius 1 is 1.35 bits per heavy atom. The van der Waals surface area contributed by atoms with Crippen LogP contribution in [0, 0.1) is 5.41 Å². The summed E-state index contributed by atoms with van der Waals surface area (Å²) in [7, 11) is 0. The van der Waals surface area contributed by atoms with Gasteiger partial charge >= 0.3 is 0 Å². The van der Waals surface area contributed by atoms with Crippen LogP contribution in [0.5, 0.6) is 0 Å². The molecule has 1 fully saturated rings. The molecule has 0 radical (unpaired) electrons. The Labute approximate surface area is 139 Å². The number of guanidine groups is 1. The number of fused-ring (bicyclic) bond motifs is 1. The molecule has 0 bridgehead atoms. The molecule has 2 heterocycles. The fourth-order valence-corrected chi connectivity index (χ4v) is 3.34. The van der Waals surface area contributed by atoms with Gasteiger partial charge in [-0.2, -0.15) is 0 Å². The maximum absolute atomic E-state index is 4.86. The Morgan fingerprint density at radius 3 is 2.91 bits per heavy atom. The van der Waals surface area contributed by atoms with E-state index in [1.165, 1.54) is 22.9 Å². The molecule has 2 N–H and O–H groups in total. The lowest BCUT2D eigenvalue weighted by molar-refractivity contribution is 0.370. The highest BCUT2D eigenvalue weighted by atomic mass is 15.3. The molecular weight excluding hydrogens is 284 g/mol. The third kappa shape index (κ3) is 3.69. The molecule has 0 aliphatic carbocycles. The predicted molar refractivity (Wildman–Crippen MR) is 98.0 cm³/mol. The van der Waals surface area contributed by atoms with Crippen LogP contribution in [0.2, 0.25) is 0 Å². The van der Waals surface area contributed by atoms with E-state index in [9.17, 15) is 0 Å². The molecule has 4 nitrogen and oxygen atoms in total. The number of H-pyrrole nitrogens is 1. The van der Waals surface area contributed by atoms with Gasteiger partial charge in [0.2, 0.25) is 0 Å². The van der Waals surface area contributed by atoms with Crippen molar-refractivity contribution in [2.45, 2.75) is 33.6 Å². The molecule has 1 aromatic carbocycles. The molecule has 0 amide bonds. The molecule has 1 aromatic heterocycles. The highest BCUT2D eigenvalue weighted by molar-refractivity contribution is 5.83. The molecule has 1 aliphatic heterocycles. The number of nitrogens with zero attached hydrogens (tertiary/aromatic N) is 2. The lowest BCUT2D eigenvalue weighted by Gasteiger charge is -2.23. The first-order valence-corrected chi connectivity index (χ1v) is 8.67. The van der Waals surface area contributed by atoms with Gasteiger partial charge in [0.15, 0.2) is 5.96 Å². The number of nitrogens with one attached hydrogen (secondary N) is 2. The van der Waals surface area contributed by atoms with Crippen LogP contribution in [0.3, 0.4) is 0 Å². The maximum Gasteiger partial charge on any atom is 0.193 e. The molecule has 23 heavy (non-hydrogen) atoms. The van der Waals surface area contributed by atoms with E-state index < -0.39 is 0 Å². The molecule has 3 rings (SSSR count). The summed E-state index contributed by atoms with van der Waals surface area (Å²) in [5.41, 5.74) is 2.95. The normalized spacial score (nSPS) is 17.9. The average molecular weight is 312 g/mol. The summed E-state index contributed by atoms with van der Waals surface area (Å²) >= 11 is 0. The highest BCUT2D eigenvalue weighted by Crippen LogP contribution is 2.28. The second kappa shape index (κ2) is 6.65. The van der Waals surface area contributed by atoms with Gasteiger partial charge in [0, 0.05) is 43.3 Å². The maximum atomic E-state index is 4.86. The van der Waals surface area contributed by atoms with Crippen molar-refractivity contribution in [2.75, 3.05) is 26.2 Å². The number of aromatic amines is 1. The summed E-state index contributed by atoms with van der Waals surface area (Å²) in [5.74, 6) is 1.07. The smallest absolute Gasteiger partial charge is 0.193 e. The third-order valence-corrected chi connectivity index (χ3v) is 4.63. The van der Waals surface area contributed by atoms with Crippen LogP contribution < -0.4 is 5.32 Å². The first kappa shape index (κ1) is 15.9. The topological polar surface area (TPSA) is 43.4 Å². The summed E-state index contributed by atoms with van der Waals surface area (Å²) in [6, 6.07) is 8.47. The Balaban J connectivity index is 1.67. The molecule has 1 saturated heterocycles. The molecular formula is C19H28N4. The van der Waals surface area contributed by atoms with E-state index >= 15 is 0 Å². The average Bonchev–Trinajstić information content (AvgIpc) is 3.10. The lowest BCUT2D eigenvalue weighted by atomic mass is 9.93. The van der Waals surface area contributed by atoms with Gasteiger partial charge in [0.05, 0.1) is 0 Å². The number of likely N-dealkylation sites (tertiary alicyclic amines) is 1. The van der Waals surface area contributed by atoms with Crippen molar-refractivity contribution in [2.24, 2.45) is 10.4 Å². The Morgan fingerprint density at radius 2 is 2.17 bits per heavy atom. The van der Waals surface area contributed by atoms with E-state index in [1.54, 1.807) is 0 Å². The minimum absolute atomic E-state index is 0.396. The van der Waals surface area contributed by atoms with Crippen molar-refractivity contribution in [1.82, 2.24) is 15.2 Å². The van der Waals surface area contributed by atoms with Crippen LogP contribution in [0.1, 0.15) is 32.8 Å². The van der Waals surface area contributed by atoms with Gasteiger partial charge in [0.25, 0.3) is 0 Å². The number of para-hydroxylation sites is 1. The van der Waals surface area contributed by atoms with Crippen LogP contribution in [-0.4, -0.2) is 42.0 Å². The number of hydrogen-bond acceptors (Lipinski definition) is 1. The van der Waals surface area contributed by atoms with E-state index in [2.05, 4.69) is 66.4 Å².